The van der Waals surface area contributed by atoms with E-state index in [4.69, 9.17) is 17.4 Å². The normalized spacial score (nSPS) is 23.6. The van der Waals surface area contributed by atoms with Gasteiger partial charge in [-0.3, -0.25) is 16.2 Å². The van der Waals surface area contributed by atoms with Crippen LogP contribution in [0, 0.1) is 5.82 Å². The Bertz CT molecular complexity index is 496. The van der Waals surface area contributed by atoms with Crippen LogP contribution in [-0.4, -0.2) is 23.5 Å². The zero-order valence-corrected chi connectivity index (χ0v) is 13.0. The van der Waals surface area contributed by atoms with Crippen LogP contribution in [0.5, 0.6) is 0 Å². The van der Waals surface area contributed by atoms with Gasteiger partial charge in [-0.25, -0.2) is 4.39 Å². The van der Waals surface area contributed by atoms with E-state index < -0.39 is 0 Å². The molecule has 1 aromatic carbocycles. The van der Waals surface area contributed by atoms with E-state index in [1.54, 1.807) is 6.07 Å². The molecule has 1 aliphatic carbocycles. The van der Waals surface area contributed by atoms with Crippen molar-refractivity contribution in [3.05, 3.63) is 34.6 Å². The largest absolute Gasteiger partial charge is 0.296 e. The lowest BCUT2D eigenvalue weighted by molar-refractivity contribution is 0.0763. The van der Waals surface area contributed by atoms with Gasteiger partial charge in [-0.2, -0.15) is 0 Å². The third-order valence-corrected chi connectivity index (χ3v) is 5.52. The molecule has 3 rings (SSSR count). The number of halogens is 2. The molecule has 1 saturated carbocycles. The molecule has 1 atom stereocenters. The summed E-state index contributed by atoms with van der Waals surface area (Å²) < 4.78 is 13.7. The summed E-state index contributed by atoms with van der Waals surface area (Å²) in [6.45, 7) is 2.20. The van der Waals surface area contributed by atoms with Gasteiger partial charge in [0.05, 0.1) is 6.04 Å². The van der Waals surface area contributed by atoms with Crippen molar-refractivity contribution >= 4 is 11.6 Å². The number of hydrogen-bond donors (Lipinski definition) is 2. The monoisotopic (exact) mass is 311 g/mol. The molecule has 1 aliphatic heterocycles. The average molecular weight is 312 g/mol. The number of nitrogens with one attached hydrogen (secondary N) is 1. The summed E-state index contributed by atoms with van der Waals surface area (Å²) in [5, 5.41) is 0.588. The molecule has 1 heterocycles. The number of hydrogen-bond acceptors (Lipinski definition) is 3. The summed E-state index contributed by atoms with van der Waals surface area (Å²) in [6, 6.07) is 4.43. The second-order valence-corrected chi connectivity index (χ2v) is 6.68. The van der Waals surface area contributed by atoms with Crippen molar-refractivity contribution in [1.82, 2.24) is 10.3 Å². The fourth-order valence-electron chi connectivity index (χ4n) is 4.21. The van der Waals surface area contributed by atoms with Gasteiger partial charge in [-0.15, -0.1) is 0 Å². The standard InChI is InChI=1S/C16H23ClFN3/c17-14-6-5-12(18)11-13(14)15(20-19)16(7-1-2-8-16)21-9-3-4-10-21/h5-6,11,15,20H,1-4,7-10,19H2. The third-order valence-electron chi connectivity index (χ3n) is 5.18. The molecule has 5 heteroatoms. The average Bonchev–Trinajstić information content (AvgIpc) is 3.14. The lowest BCUT2D eigenvalue weighted by Gasteiger charge is -2.45. The van der Waals surface area contributed by atoms with E-state index in [1.165, 1.54) is 37.8 Å². The van der Waals surface area contributed by atoms with Crippen LogP contribution in [0.25, 0.3) is 0 Å². The summed E-state index contributed by atoms with van der Waals surface area (Å²) in [7, 11) is 0. The number of nitrogens with zero attached hydrogens (tertiary/aromatic N) is 1. The van der Waals surface area contributed by atoms with E-state index in [2.05, 4.69) is 10.3 Å². The number of benzene rings is 1. The zero-order chi connectivity index (χ0) is 14.9. The van der Waals surface area contributed by atoms with Gasteiger partial charge in [0, 0.05) is 10.6 Å². The van der Waals surface area contributed by atoms with Crippen LogP contribution in [0.1, 0.15) is 50.1 Å². The topological polar surface area (TPSA) is 41.3 Å². The van der Waals surface area contributed by atoms with Crippen molar-refractivity contribution in [2.45, 2.75) is 50.1 Å². The second kappa shape index (κ2) is 6.21. The first-order valence-electron chi connectivity index (χ1n) is 7.83. The predicted octanol–water partition coefficient (Wildman–Crippen LogP) is 3.39. The Morgan fingerprint density at radius 2 is 1.86 bits per heavy atom. The summed E-state index contributed by atoms with van der Waals surface area (Å²) in [4.78, 5) is 2.55. The first-order valence-corrected chi connectivity index (χ1v) is 8.21. The molecular formula is C16H23ClFN3. The zero-order valence-electron chi connectivity index (χ0n) is 12.2. The molecule has 1 saturated heterocycles. The second-order valence-electron chi connectivity index (χ2n) is 6.27. The lowest BCUT2D eigenvalue weighted by atomic mass is 9.82. The highest BCUT2D eigenvalue weighted by Crippen LogP contribution is 2.46. The smallest absolute Gasteiger partial charge is 0.123 e. The maximum atomic E-state index is 13.7. The lowest BCUT2D eigenvalue weighted by Crippen LogP contribution is -2.55. The molecule has 0 spiro atoms. The Kier molecular flexibility index (Phi) is 4.50. The van der Waals surface area contributed by atoms with Crippen LogP contribution in [0.2, 0.25) is 5.02 Å². The van der Waals surface area contributed by atoms with Gasteiger partial charge in [-0.05, 0) is 62.5 Å². The van der Waals surface area contributed by atoms with Gasteiger partial charge in [0.15, 0.2) is 0 Å². The van der Waals surface area contributed by atoms with Crippen LogP contribution in [-0.2, 0) is 0 Å². The third kappa shape index (κ3) is 2.70. The fraction of sp³-hybridized carbons (Fsp3) is 0.625. The van der Waals surface area contributed by atoms with Gasteiger partial charge in [0.1, 0.15) is 5.82 Å². The highest BCUT2D eigenvalue weighted by Gasteiger charge is 2.47. The van der Waals surface area contributed by atoms with E-state index in [1.807, 2.05) is 0 Å². The predicted molar refractivity (Wildman–Crippen MR) is 83.5 cm³/mol. The number of hydrazine groups is 1. The van der Waals surface area contributed by atoms with Crippen molar-refractivity contribution in [2.24, 2.45) is 5.84 Å². The van der Waals surface area contributed by atoms with Crippen LogP contribution in [0.4, 0.5) is 4.39 Å². The Balaban J connectivity index is 2.01. The maximum absolute atomic E-state index is 13.7. The Morgan fingerprint density at radius 1 is 1.19 bits per heavy atom. The number of likely N-dealkylation sites (tertiary alicyclic amines) is 1. The first-order chi connectivity index (χ1) is 10.2. The van der Waals surface area contributed by atoms with Crippen LogP contribution in [0.3, 0.4) is 0 Å². The summed E-state index contributed by atoms with van der Waals surface area (Å²) in [5.41, 5.74) is 3.71. The molecule has 21 heavy (non-hydrogen) atoms. The molecule has 1 aromatic rings. The molecule has 0 radical (unpaired) electrons. The molecule has 2 fully saturated rings. The Hall–Kier alpha value is -0.680. The maximum Gasteiger partial charge on any atom is 0.123 e. The van der Waals surface area contributed by atoms with Gasteiger partial charge < -0.3 is 0 Å². The summed E-state index contributed by atoms with van der Waals surface area (Å²) in [6.07, 6.45) is 7.04. The van der Waals surface area contributed by atoms with Crippen molar-refractivity contribution in [3.63, 3.8) is 0 Å². The van der Waals surface area contributed by atoms with Gasteiger partial charge in [-0.1, -0.05) is 24.4 Å². The van der Waals surface area contributed by atoms with Crippen LogP contribution < -0.4 is 11.3 Å². The van der Waals surface area contributed by atoms with E-state index in [-0.39, 0.29) is 17.4 Å². The minimum atomic E-state index is -0.260. The molecule has 0 aromatic heterocycles. The highest BCUT2D eigenvalue weighted by molar-refractivity contribution is 6.31. The van der Waals surface area contributed by atoms with Crippen LogP contribution in [0.15, 0.2) is 18.2 Å². The molecular weight excluding hydrogens is 289 g/mol. The minimum absolute atomic E-state index is 0.0251. The molecule has 3 N–H and O–H groups in total. The van der Waals surface area contributed by atoms with Gasteiger partial charge >= 0.3 is 0 Å². The number of rotatable bonds is 4. The SMILES string of the molecule is NNC(c1cc(F)ccc1Cl)C1(N2CCCC2)CCCC1. The summed E-state index contributed by atoms with van der Waals surface area (Å²) in [5.74, 6) is 5.64. The Morgan fingerprint density at radius 3 is 2.48 bits per heavy atom. The summed E-state index contributed by atoms with van der Waals surface area (Å²) >= 11 is 6.34. The van der Waals surface area contributed by atoms with Crippen molar-refractivity contribution < 1.29 is 4.39 Å². The minimum Gasteiger partial charge on any atom is -0.296 e. The van der Waals surface area contributed by atoms with E-state index in [9.17, 15) is 4.39 Å². The highest BCUT2D eigenvalue weighted by atomic mass is 35.5. The molecule has 116 valence electrons. The molecule has 0 bridgehead atoms. The first kappa shape index (κ1) is 15.2. The van der Waals surface area contributed by atoms with Crippen LogP contribution >= 0.6 is 11.6 Å². The molecule has 2 aliphatic rings. The molecule has 0 amide bonds. The molecule has 1 unspecified atom stereocenters. The Labute approximate surface area is 130 Å². The van der Waals surface area contributed by atoms with Crippen molar-refractivity contribution in [1.29, 1.82) is 0 Å². The van der Waals surface area contributed by atoms with Crippen molar-refractivity contribution in [3.8, 4) is 0 Å². The van der Waals surface area contributed by atoms with Gasteiger partial charge in [0.2, 0.25) is 0 Å². The van der Waals surface area contributed by atoms with E-state index in [0.29, 0.717) is 5.02 Å². The van der Waals surface area contributed by atoms with Gasteiger partial charge in [0.25, 0.3) is 0 Å². The quantitative estimate of drug-likeness (QED) is 0.661. The van der Waals surface area contributed by atoms with E-state index >= 15 is 0 Å². The van der Waals surface area contributed by atoms with E-state index in [0.717, 1.165) is 31.5 Å². The number of nitrogens with two attached hydrogens (primary N) is 1. The fourth-order valence-corrected chi connectivity index (χ4v) is 4.43. The molecule has 3 nitrogen and oxygen atoms in total. The van der Waals surface area contributed by atoms with Crippen molar-refractivity contribution in [2.75, 3.05) is 13.1 Å².